The Labute approximate surface area is 170 Å². The number of anilines is 1. The number of hydrogen-bond donors (Lipinski definition) is 4. The Balaban J connectivity index is 1.59. The number of fused-ring (bicyclic) bond motifs is 1. The Kier molecular flexibility index (Phi) is 5.33. The summed E-state index contributed by atoms with van der Waals surface area (Å²) >= 11 is 5.90. The monoisotopic (exact) mass is 418 g/mol. The Morgan fingerprint density at radius 2 is 1.97 bits per heavy atom. The molecule has 29 heavy (non-hydrogen) atoms. The summed E-state index contributed by atoms with van der Waals surface area (Å²) in [5.74, 6) is -0.0250. The largest absolute Gasteiger partial charge is 0.387 e. The summed E-state index contributed by atoms with van der Waals surface area (Å²) < 4.78 is 7.06. The molecular weight excluding hydrogens is 400 g/mol. The molecule has 1 amide bonds. The summed E-state index contributed by atoms with van der Waals surface area (Å²) in [5, 5.41) is 26.8. The van der Waals surface area contributed by atoms with Crippen LogP contribution in [0, 0.1) is 0 Å². The van der Waals surface area contributed by atoms with Crippen molar-refractivity contribution in [2.75, 3.05) is 12.4 Å². The summed E-state index contributed by atoms with van der Waals surface area (Å²) in [6.45, 7) is 0.496. The van der Waals surface area contributed by atoms with Crippen LogP contribution in [0.25, 0.3) is 11.2 Å². The molecular formula is C18H19ClN6O4. The van der Waals surface area contributed by atoms with E-state index in [1.54, 1.807) is 12.1 Å². The molecule has 4 N–H and O–H groups in total. The van der Waals surface area contributed by atoms with Gasteiger partial charge in [-0.2, -0.15) is 0 Å². The van der Waals surface area contributed by atoms with E-state index in [9.17, 15) is 15.0 Å². The van der Waals surface area contributed by atoms with Crippen molar-refractivity contribution in [2.24, 2.45) is 0 Å². The summed E-state index contributed by atoms with van der Waals surface area (Å²) in [6, 6.07) is 7.40. The lowest BCUT2D eigenvalue weighted by molar-refractivity contribution is -0.137. The van der Waals surface area contributed by atoms with Gasteiger partial charge in [-0.05, 0) is 17.7 Å². The van der Waals surface area contributed by atoms with Gasteiger partial charge in [-0.15, -0.1) is 0 Å². The number of benzene rings is 1. The van der Waals surface area contributed by atoms with Crippen LogP contribution in [-0.4, -0.2) is 61.0 Å². The molecule has 1 fully saturated rings. The molecule has 3 heterocycles. The number of aliphatic hydroxyl groups excluding tert-OH is 2. The number of amides is 1. The van der Waals surface area contributed by atoms with Gasteiger partial charge in [0.05, 0.1) is 6.33 Å². The fourth-order valence-electron chi connectivity index (χ4n) is 3.20. The predicted octanol–water partition coefficient (Wildman–Crippen LogP) is 0.457. The number of rotatable bonds is 5. The highest BCUT2D eigenvalue weighted by atomic mass is 35.5. The van der Waals surface area contributed by atoms with Crippen molar-refractivity contribution in [1.82, 2.24) is 24.8 Å². The Morgan fingerprint density at radius 1 is 1.21 bits per heavy atom. The number of aromatic nitrogens is 4. The van der Waals surface area contributed by atoms with E-state index in [1.807, 2.05) is 12.1 Å². The van der Waals surface area contributed by atoms with E-state index in [-0.39, 0.29) is 0 Å². The second-order valence-corrected chi connectivity index (χ2v) is 7.01. The second kappa shape index (κ2) is 7.91. The van der Waals surface area contributed by atoms with Crippen molar-refractivity contribution in [1.29, 1.82) is 0 Å². The first-order chi connectivity index (χ1) is 14.0. The normalized spacial score (nSPS) is 24.0. The average Bonchev–Trinajstić information content (AvgIpc) is 3.29. The van der Waals surface area contributed by atoms with Crippen LogP contribution >= 0.6 is 11.6 Å². The van der Waals surface area contributed by atoms with Crippen molar-refractivity contribution >= 4 is 34.5 Å². The molecule has 0 aliphatic carbocycles. The summed E-state index contributed by atoms with van der Waals surface area (Å²) in [7, 11) is 1.43. The minimum atomic E-state index is -1.37. The third-order valence-corrected chi connectivity index (χ3v) is 5.00. The smallest absolute Gasteiger partial charge is 0.251 e. The van der Waals surface area contributed by atoms with Crippen LogP contribution in [0.15, 0.2) is 36.9 Å². The third-order valence-electron chi connectivity index (χ3n) is 4.75. The van der Waals surface area contributed by atoms with Gasteiger partial charge in [0.1, 0.15) is 18.5 Å². The fraction of sp³-hybridized carbons (Fsp3) is 0.333. The van der Waals surface area contributed by atoms with E-state index in [4.69, 9.17) is 16.3 Å². The van der Waals surface area contributed by atoms with Crippen LogP contribution in [-0.2, 0) is 16.1 Å². The highest BCUT2D eigenvalue weighted by Gasteiger charge is 2.47. The van der Waals surface area contributed by atoms with Gasteiger partial charge in [-0.25, -0.2) is 15.0 Å². The Morgan fingerprint density at radius 3 is 2.69 bits per heavy atom. The molecule has 0 radical (unpaired) electrons. The fourth-order valence-corrected chi connectivity index (χ4v) is 3.33. The number of nitrogens with one attached hydrogen (secondary N) is 2. The van der Waals surface area contributed by atoms with Crippen LogP contribution in [0.4, 0.5) is 5.82 Å². The molecule has 1 aliphatic heterocycles. The van der Waals surface area contributed by atoms with Gasteiger partial charge in [-0.1, -0.05) is 23.7 Å². The molecule has 0 saturated carbocycles. The van der Waals surface area contributed by atoms with E-state index < -0.39 is 30.4 Å². The van der Waals surface area contributed by atoms with Gasteiger partial charge in [0, 0.05) is 18.6 Å². The summed E-state index contributed by atoms with van der Waals surface area (Å²) in [4.78, 5) is 24.6. The van der Waals surface area contributed by atoms with Crippen molar-refractivity contribution in [3.8, 4) is 0 Å². The van der Waals surface area contributed by atoms with Crippen molar-refractivity contribution in [2.45, 2.75) is 31.1 Å². The number of likely N-dealkylation sites (N-methyl/N-ethyl adjacent to an activating group) is 1. The zero-order valence-corrected chi connectivity index (χ0v) is 16.1. The number of hydrogen-bond acceptors (Lipinski definition) is 8. The van der Waals surface area contributed by atoms with Crippen LogP contribution in [0.5, 0.6) is 0 Å². The molecule has 3 aromatic rings. The van der Waals surface area contributed by atoms with E-state index in [0.717, 1.165) is 5.56 Å². The number of nitrogens with zero attached hydrogens (tertiary/aromatic N) is 4. The SMILES string of the molecule is CNC(=O)[C@H]1O[C@@H](n2cnc3c(NCc4ccc(Cl)cc4)ncnc32)[C@H](O)[C@@H]1O. The first kappa shape index (κ1) is 19.5. The van der Waals surface area contributed by atoms with E-state index in [0.29, 0.717) is 28.5 Å². The summed E-state index contributed by atoms with van der Waals surface area (Å²) in [6.07, 6.45) is -2.12. The van der Waals surface area contributed by atoms with Gasteiger partial charge in [0.25, 0.3) is 5.91 Å². The number of carbonyl (C=O) groups is 1. The lowest BCUT2D eigenvalue weighted by atomic mass is 10.1. The molecule has 11 heteroatoms. The van der Waals surface area contributed by atoms with E-state index in [1.165, 1.54) is 24.3 Å². The van der Waals surface area contributed by atoms with Gasteiger partial charge in [0.2, 0.25) is 0 Å². The van der Waals surface area contributed by atoms with Crippen molar-refractivity contribution < 1.29 is 19.7 Å². The lowest BCUT2D eigenvalue weighted by Crippen LogP contribution is -2.41. The minimum Gasteiger partial charge on any atom is -0.387 e. The number of carbonyl (C=O) groups excluding carboxylic acids is 1. The Bertz CT molecular complexity index is 1030. The molecule has 10 nitrogen and oxygen atoms in total. The third kappa shape index (κ3) is 3.62. The van der Waals surface area contributed by atoms with Gasteiger partial charge < -0.3 is 25.6 Å². The predicted molar refractivity (Wildman–Crippen MR) is 104 cm³/mol. The van der Waals surface area contributed by atoms with Crippen LogP contribution in [0.2, 0.25) is 5.02 Å². The van der Waals surface area contributed by atoms with Gasteiger partial charge in [-0.3, -0.25) is 9.36 Å². The Hall–Kier alpha value is -2.79. The zero-order valence-electron chi connectivity index (χ0n) is 15.4. The number of imidazole rings is 1. The van der Waals surface area contributed by atoms with E-state index >= 15 is 0 Å². The van der Waals surface area contributed by atoms with E-state index in [2.05, 4.69) is 25.6 Å². The number of ether oxygens (including phenoxy) is 1. The average molecular weight is 419 g/mol. The summed E-state index contributed by atoms with van der Waals surface area (Å²) in [5.41, 5.74) is 1.87. The minimum absolute atomic E-state index is 0.396. The molecule has 4 rings (SSSR count). The van der Waals surface area contributed by atoms with Gasteiger partial charge in [0.15, 0.2) is 29.3 Å². The van der Waals surface area contributed by atoms with Crippen LogP contribution in [0.3, 0.4) is 0 Å². The highest BCUT2D eigenvalue weighted by molar-refractivity contribution is 6.30. The maximum absolute atomic E-state index is 11.9. The first-order valence-corrected chi connectivity index (χ1v) is 9.26. The molecule has 1 aliphatic rings. The number of halogens is 1. The molecule has 2 aromatic heterocycles. The maximum Gasteiger partial charge on any atom is 0.251 e. The lowest BCUT2D eigenvalue weighted by Gasteiger charge is -2.16. The molecule has 1 aromatic carbocycles. The molecule has 1 saturated heterocycles. The van der Waals surface area contributed by atoms with Gasteiger partial charge >= 0.3 is 0 Å². The first-order valence-electron chi connectivity index (χ1n) is 8.88. The quantitative estimate of drug-likeness (QED) is 0.469. The van der Waals surface area contributed by atoms with Crippen LogP contribution in [0.1, 0.15) is 11.8 Å². The van der Waals surface area contributed by atoms with Crippen LogP contribution < -0.4 is 10.6 Å². The zero-order chi connectivity index (χ0) is 20.5. The maximum atomic E-state index is 11.9. The van der Waals surface area contributed by atoms with Crippen molar-refractivity contribution in [3.05, 3.63) is 47.5 Å². The molecule has 152 valence electrons. The number of aliphatic hydroxyl groups is 2. The molecule has 0 spiro atoms. The molecule has 0 unspecified atom stereocenters. The topological polar surface area (TPSA) is 134 Å². The molecule has 0 bridgehead atoms. The van der Waals surface area contributed by atoms with Crippen molar-refractivity contribution in [3.63, 3.8) is 0 Å². The highest BCUT2D eigenvalue weighted by Crippen LogP contribution is 2.32. The standard InChI is InChI=1S/C18H19ClN6O4/c1-20-17(28)14-12(26)13(27)18(29-14)25-8-24-11-15(22-7-23-16(11)25)21-6-9-2-4-10(19)5-3-9/h2-5,7-8,12-14,18,26-27H,6H2,1H3,(H,20,28)(H,21,22,23)/t12-,13+,14-,18+/m0/s1. The second-order valence-electron chi connectivity index (χ2n) is 6.57. The molecule has 4 atom stereocenters.